The van der Waals surface area contributed by atoms with Gasteiger partial charge in [0.1, 0.15) is 31.3 Å². The Labute approximate surface area is 244 Å². The number of aliphatic carboxylic acids is 1. The van der Waals surface area contributed by atoms with Gasteiger partial charge in [0.15, 0.2) is 0 Å². The van der Waals surface area contributed by atoms with Gasteiger partial charge in [0.2, 0.25) is 0 Å². The first-order valence-electron chi connectivity index (χ1n) is 13.7. The number of aryl methyl sites for hydroxylation is 2. The molecule has 0 spiro atoms. The lowest BCUT2D eigenvalue weighted by Crippen LogP contribution is -2.29. The van der Waals surface area contributed by atoms with Crippen LogP contribution in [-0.2, 0) is 19.7 Å². The van der Waals surface area contributed by atoms with Gasteiger partial charge < -0.3 is 24.4 Å². The van der Waals surface area contributed by atoms with Gasteiger partial charge >= 0.3 is 11.9 Å². The van der Waals surface area contributed by atoms with E-state index in [1.807, 2.05) is 26.0 Å². The van der Waals surface area contributed by atoms with Gasteiger partial charge in [-0.3, -0.25) is 0 Å². The molecule has 0 aromatic heterocycles. The standard InChI is InChI=1S/C35H32O7/c1-23-21-25(11-13-31(23)40-18-17-36)35(29-9-5-3-7-27(29)28-8-4-6-10-30(28)35)26-12-14-32(24(2)22-26)41-19-20-42-34(39)16-15-33(37)38/h3-16,21-22,36H,17-20H2,1-2H3,(H,37,38). The van der Waals surface area contributed by atoms with Crippen molar-refractivity contribution in [2.45, 2.75) is 19.3 Å². The normalized spacial score (nSPS) is 12.9. The minimum absolute atomic E-state index is 0.0152. The Bertz CT molecular complexity index is 1610. The predicted octanol–water partition coefficient (Wildman–Crippen LogP) is 5.60. The Morgan fingerprint density at radius 2 is 1.24 bits per heavy atom. The molecular formula is C35H32O7. The lowest BCUT2D eigenvalue weighted by atomic mass is 9.67. The summed E-state index contributed by atoms with van der Waals surface area (Å²) in [6.45, 7) is 4.29. The van der Waals surface area contributed by atoms with E-state index in [1.54, 1.807) is 0 Å². The van der Waals surface area contributed by atoms with E-state index in [2.05, 4.69) is 72.8 Å². The first-order valence-corrected chi connectivity index (χ1v) is 13.7. The molecular weight excluding hydrogens is 532 g/mol. The van der Waals surface area contributed by atoms with Crippen molar-refractivity contribution in [1.29, 1.82) is 0 Å². The number of carbonyl (C=O) groups excluding carboxylic acids is 1. The molecule has 2 N–H and O–H groups in total. The molecule has 0 atom stereocenters. The van der Waals surface area contributed by atoms with E-state index in [-0.39, 0.29) is 26.4 Å². The SMILES string of the molecule is Cc1cc(C2(c3ccc(OCCOC(=O)C=CC(=O)O)c(C)c3)c3ccccc3-c3ccccc32)ccc1OCCO. The fraction of sp³-hybridized carbons (Fsp3) is 0.200. The number of hydrogen-bond donors (Lipinski definition) is 2. The molecule has 5 rings (SSSR count). The number of carbonyl (C=O) groups is 2. The Morgan fingerprint density at radius 3 is 1.74 bits per heavy atom. The molecule has 0 heterocycles. The van der Waals surface area contributed by atoms with Crippen molar-refractivity contribution >= 4 is 11.9 Å². The molecule has 0 amide bonds. The second-order valence-corrected chi connectivity index (χ2v) is 10.1. The van der Waals surface area contributed by atoms with E-state index >= 15 is 0 Å². The minimum Gasteiger partial charge on any atom is -0.491 e. The molecule has 0 radical (unpaired) electrons. The average molecular weight is 565 g/mol. The molecule has 0 aliphatic heterocycles. The summed E-state index contributed by atoms with van der Waals surface area (Å²) < 4.78 is 16.7. The maximum absolute atomic E-state index is 11.6. The van der Waals surface area contributed by atoms with Crippen LogP contribution in [0, 0.1) is 13.8 Å². The third kappa shape index (κ3) is 5.39. The first-order chi connectivity index (χ1) is 20.4. The van der Waals surface area contributed by atoms with Crippen LogP contribution in [0.5, 0.6) is 11.5 Å². The summed E-state index contributed by atoms with van der Waals surface area (Å²) in [6.07, 6.45) is 1.60. The quantitative estimate of drug-likeness (QED) is 0.122. The first kappa shape index (κ1) is 28.6. The van der Waals surface area contributed by atoms with Gasteiger partial charge in [0.25, 0.3) is 0 Å². The van der Waals surface area contributed by atoms with Gasteiger partial charge in [-0.15, -0.1) is 0 Å². The maximum atomic E-state index is 11.6. The number of carboxylic acid groups (broad SMARTS) is 1. The van der Waals surface area contributed by atoms with Gasteiger partial charge in [0.05, 0.1) is 12.0 Å². The summed E-state index contributed by atoms with van der Waals surface area (Å²) >= 11 is 0. The van der Waals surface area contributed by atoms with Crippen LogP contribution < -0.4 is 9.47 Å². The lowest BCUT2D eigenvalue weighted by Gasteiger charge is -2.34. The number of benzene rings is 4. The predicted molar refractivity (Wildman–Crippen MR) is 159 cm³/mol. The van der Waals surface area contributed by atoms with Crippen molar-refractivity contribution in [2.24, 2.45) is 0 Å². The summed E-state index contributed by atoms with van der Waals surface area (Å²) in [7, 11) is 0. The smallest absolute Gasteiger partial charge is 0.331 e. The van der Waals surface area contributed by atoms with Crippen LogP contribution in [0.3, 0.4) is 0 Å². The molecule has 0 unspecified atom stereocenters. The third-order valence-electron chi connectivity index (χ3n) is 7.46. The van der Waals surface area contributed by atoms with E-state index in [1.165, 1.54) is 22.3 Å². The highest BCUT2D eigenvalue weighted by Gasteiger charge is 2.46. The number of hydrogen-bond acceptors (Lipinski definition) is 6. The Hall–Kier alpha value is -4.88. The molecule has 1 aliphatic carbocycles. The topological polar surface area (TPSA) is 102 Å². The zero-order valence-electron chi connectivity index (χ0n) is 23.5. The van der Waals surface area contributed by atoms with Crippen molar-refractivity contribution in [2.75, 3.05) is 26.4 Å². The molecule has 0 saturated heterocycles. The highest BCUT2D eigenvalue weighted by atomic mass is 16.6. The van der Waals surface area contributed by atoms with E-state index in [4.69, 9.17) is 19.3 Å². The number of aliphatic hydroxyl groups is 1. The Kier molecular flexibility index (Phi) is 8.41. The van der Waals surface area contributed by atoms with Crippen LogP contribution in [-0.4, -0.2) is 48.6 Å². The molecule has 4 aromatic rings. The van der Waals surface area contributed by atoms with Crippen molar-refractivity contribution in [1.82, 2.24) is 0 Å². The fourth-order valence-electron chi connectivity index (χ4n) is 5.75. The van der Waals surface area contributed by atoms with Crippen LogP contribution in [0.4, 0.5) is 0 Å². The van der Waals surface area contributed by atoms with Crippen LogP contribution in [0.15, 0.2) is 97.1 Å². The molecule has 7 heteroatoms. The number of rotatable bonds is 11. The summed E-state index contributed by atoms with van der Waals surface area (Å²) in [5.74, 6) is -0.557. The van der Waals surface area contributed by atoms with Crippen molar-refractivity contribution in [3.05, 3.63) is 130 Å². The number of esters is 1. The largest absolute Gasteiger partial charge is 0.491 e. The minimum atomic E-state index is -1.22. The van der Waals surface area contributed by atoms with Crippen LogP contribution in [0.25, 0.3) is 11.1 Å². The highest BCUT2D eigenvalue weighted by Crippen LogP contribution is 2.56. The molecule has 0 fully saturated rings. The van der Waals surface area contributed by atoms with E-state index in [0.717, 1.165) is 40.2 Å². The van der Waals surface area contributed by atoms with Gasteiger partial charge in [-0.25, -0.2) is 9.59 Å². The van der Waals surface area contributed by atoms with Gasteiger partial charge in [-0.05, 0) is 70.5 Å². The summed E-state index contributed by atoms with van der Waals surface area (Å²) in [5, 5.41) is 17.9. The molecule has 1 aliphatic rings. The Balaban J connectivity index is 1.53. The average Bonchev–Trinajstić information content (AvgIpc) is 3.29. The van der Waals surface area contributed by atoms with Crippen LogP contribution in [0.2, 0.25) is 0 Å². The molecule has 0 saturated carbocycles. The summed E-state index contributed by atoms with van der Waals surface area (Å²) in [6, 6.07) is 29.4. The van der Waals surface area contributed by atoms with E-state index in [0.29, 0.717) is 5.75 Å². The second kappa shape index (κ2) is 12.3. The van der Waals surface area contributed by atoms with Gasteiger partial charge in [-0.2, -0.15) is 0 Å². The molecule has 214 valence electrons. The third-order valence-corrected chi connectivity index (χ3v) is 7.46. The van der Waals surface area contributed by atoms with E-state index in [9.17, 15) is 14.7 Å². The van der Waals surface area contributed by atoms with Crippen LogP contribution >= 0.6 is 0 Å². The number of aliphatic hydroxyl groups excluding tert-OH is 1. The Morgan fingerprint density at radius 1 is 0.714 bits per heavy atom. The zero-order chi connectivity index (χ0) is 29.7. The lowest BCUT2D eigenvalue weighted by molar-refractivity contribution is -0.139. The van der Waals surface area contributed by atoms with Crippen LogP contribution in [0.1, 0.15) is 33.4 Å². The maximum Gasteiger partial charge on any atom is 0.331 e. The monoisotopic (exact) mass is 564 g/mol. The number of ether oxygens (including phenoxy) is 3. The van der Waals surface area contributed by atoms with Crippen molar-refractivity contribution in [3.63, 3.8) is 0 Å². The molecule has 0 bridgehead atoms. The number of fused-ring (bicyclic) bond motifs is 3. The van der Waals surface area contributed by atoms with Gasteiger partial charge in [0, 0.05) is 12.2 Å². The fourth-order valence-corrected chi connectivity index (χ4v) is 5.75. The van der Waals surface area contributed by atoms with E-state index < -0.39 is 17.4 Å². The van der Waals surface area contributed by atoms with Crippen molar-refractivity contribution < 1.29 is 34.0 Å². The number of carboxylic acids is 1. The molecule has 7 nitrogen and oxygen atoms in total. The second-order valence-electron chi connectivity index (χ2n) is 10.1. The summed E-state index contributed by atoms with van der Waals surface area (Å²) in [5.41, 5.74) is 8.22. The highest BCUT2D eigenvalue weighted by molar-refractivity contribution is 5.90. The molecule has 42 heavy (non-hydrogen) atoms. The zero-order valence-corrected chi connectivity index (χ0v) is 23.5. The van der Waals surface area contributed by atoms with Crippen molar-refractivity contribution in [3.8, 4) is 22.6 Å². The van der Waals surface area contributed by atoms with Gasteiger partial charge in [-0.1, -0.05) is 72.8 Å². The summed E-state index contributed by atoms with van der Waals surface area (Å²) in [4.78, 5) is 22.2. The molecule has 4 aromatic carbocycles.